The topological polar surface area (TPSA) is 3.24 Å². The Hall–Kier alpha value is -5.14. The van der Waals surface area contributed by atoms with Gasteiger partial charge in [-0.25, -0.2) is 0 Å². The van der Waals surface area contributed by atoms with E-state index in [0.29, 0.717) is 0 Å². The van der Waals surface area contributed by atoms with Gasteiger partial charge in [-0.1, -0.05) is 122 Å². The summed E-state index contributed by atoms with van der Waals surface area (Å²) in [5.74, 6) is 1.61. The maximum atomic E-state index is 2.48. The van der Waals surface area contributed by atoms with Crippen molar-refractivity contribution >= 4 is 38.6 Å². The first-order chi connectivity index (χ1) is 22.8. The molecular formula is C45H35N. The number of benzene rings is 7. The van der Waals surface area contributed by atoms with Gasteiger partial charge in [0.05, 0.1) is 5.69 Å². The highest BCUT2D eigenvalue weighted by Crippen LogP contribution is 2.67. The predicted molar refractivity (Wildman–Crippen MR) is 193 cm³/mol. The number of para-hydroxylation sites is 1. The van der Waals surface area contributed by atoms with Gasteiger partial charge in [0.1, 0.15) is 0 Å². The number of rotatable bonds is 4. The third-order valence-corrected chi connectivity index (χ3v) is 11.5. The fourth-order valence-electron chi connectivity index (χ4n) is 9.61. The Kier molecular flexibility index (Phi) is 5.64. The molecule has 2 saturated carbocycles. The molecule has 1 nitrogen and oxygen atoms in total. The lowest BCUT2D eigenvalue weighted by atomic mass is 9.67. The van der Waals surface area contributed by atoms with Crippen molar-refractivity contribution in [1.29, 1.82) is 0 Å². The van der Waals surface area contributed by atoms with E-state index in [1.807, 2.05) is 0 Å². The third-order valence-electron chi connectivity index (χ3n) is 11.5. The van der Waals surface area contributed by atoms with Gasteiger partial charge < -0.3 is 4.90 Å². The summed E-state index contributed by atoms with van der Waals surface area (Å²) in [6.45, 7) is 0. The van der Waals surface area contributed by atoms with Gasteiger partial charge in [-0.15, -0.1) is 0 Å². The molecule has 220 valence electrons. The molecule has 7 aromatic carbocycles. The van der Waals surface area contributed by atoms with Gasteiger partial charge in [-0.05, 0) is 117 Å². The van der Waals surface area contributed by atoms with Crippen LogP contribution in [0.1, 0.15) is 36.8 Å². The molecule has 0 N–H and O–H groups in total. The van der Waals surface area contributed by atoms with Crippen molar-refractivity contribution in [3.05, 3.63) is 163 Å². The number of hydrogen-bond donors (Lipinski definition) is 0. The summed E-state index contributed by atoms with van der Waals surface area (Å²) in [5.41, 5.74) is 12.3. The van der Waals surface area contributed by atoms with E-state index in [4.69, 9.17) is 0 Å². The second kappa shape index (κ2) is 9.93. The number of fused-ring (bicyclic) bond motifs is 11. The zero-order valence-electron chi connectivity index (χ0n) is 25.9. The lowest BCUT2D eigenvalue weighted by Gasteiger charge is -2.37. The minimum Gasteiger partial charge on any atom is -0.310 e. The Morgan fingerprint density at radius 2 is 1.24 bits per heavy atom. The first kappa shape index (κ1) is 26.1. The van der Waals surface area contributed by atoms with Gasteiger partial charge in [0.2, 0.25) is 0 Å². The largest absolute Gasteiger partial charge is 0.310 e. The maximum absolute atomic E-state index is 2.48. The van der Waals surface area contributed by atoms with Crippen LogP contribution in [0.4, 0.5) is 17.1 Å². The fraction of sp³-hybridized carbons (Fsp3) is 0.156. The van der Waals surface area contributed by atoms with Gasteiger partial charge in [0.25, 0.3) is 0 Å². The molecule has 1 heteroatoms. The minimum absolute atomic E-state index is 0.165. The Morgan fingerprint density at radius 1 is 0.522 bits per heavy atom. The fourth-order valence-corrected chi connectivity index (χ4v) is 9.61. The van der Waals surface area contributed by atoms with Gasteiger partial charge in [-0.3, -0.25) is 0 Å². The SMILES string of the molecule is c1ccc(N(c2ccc(-c3ccc4c(ccc5ccccc54)c3)cc2)c2cccc3c2-c2ccccc2C32CC3CCC2C3)cc1. The van der Waals surface area contributed by atoms with E-state index in [1.54, 1.807) is 11.1 Å². The normalized spacial score (nSPS) is 20.8. The van der Waals surface area contributed by atoms with Crippen molar-refractivity contribution < 1.29 is 0 Å². The van der Waals surface area contributed by atoms with E-state index in [0.717, 1.165) is 11.8 Å². The molecule has 0 aliphatic heterocycles. The summed E-state index contributed by atoms with van der Waals surface area (Å²) in [6, 6.07) is 56.6. The smallest absolute Gasteiger partial charge is 0.0543 e. The van der Waals surface area contributed by atoms with Crippen LogP contribution in [0.2, 0.25) is 0 Å². The van der Waals surface area contributed by atoms with Crippen molar-refractivity contribution in [1.82, 2.24) is 0 Å². The lowest BCUT2D eigenvalue weighted by Crippen LogP contribution is -2.31. The van der Waals surface area contributed by atoms with Crippen LogP contribution in [0.15, 0.2) is 152 Å². The summed E-state index contributed by atoms with van der Waals surface area (Å²) >= 11 is 0. The van der Waals surface area contributed by atoms with Crippen molar-refractivity contribution in [3.63, 3.8) is 0 Å². The van der Waals surface area contributed by atoms with Crippen molar-refractivity contribution in [3.8, 4) is 22.3 Å². The molecule has 3 atom stereocenters. The highest BCUT2D eigenvalue weighted by atomic mass is 15.1. The molecule has 10 rings (SSSR count). The van der Waals surface area contributed by atoms with Gasteiger partial charge in [0, 0.05) is 22.4 Å². The summed E-state index contributed by atoms with van der Waals surface area (Å²) < 4.78 is 0. The third kappa shape index (κ3) is 3.69. The highest BCUT2D eigenvalue weighted by Gasteiger charge is 2.57. The molecule has 0 heterocycles. The van der Waals surface area contributed by atoms with Crippen LogP contribution < -0.4 is 4.90 Å². The Bertz CT molecular complexity index is 2280. The monoisotopic (exact) mass is 589 g/mol. The van der Waals surface area contributed by atoms with Crippen LogP contribution in [-0.4, -0.2) is 0 Å². The molecule has 46 heavy (non-hydrogen) atoms. The van der Waals surface area contributed by atoms with E-state index in [2.05, 4.69) is 157 Å². The molecule has 7 aromatic rings. The molecule has 3 unspecified atom stereocenters. The quantitative estimate of drug-likeness (QED) is 0.185. The Labute approximate surface area is 270 Å². The molecular weight excluding hydrogens is 555 g/mol. The summed E-state index contributed by atoms with van der Waals surface area (Å²) in [5, 5.41) is 5.18. The zero-order valence-corrected chi connectivity index (χ0v) is 25.9. The molecule has 0 saturated heterocycles. The molecule has 2 bridgehead atoms. The van der Waals surface area contributed by atoms with Gasteiger partial charge >= 0.3 is 0 Å². The Balaban J connectivity index is 1.11. The van der Waals surface area contributed by atoms with Crippen LogP contribution in [0.5, 0.6) is 0 Å². The zero-order chi connectivity index (χ0) is 30.2. The van der Waals surface area contributed by atoms with Crippen LogP contribution in [-0.2, 0) is 5.41 Å². The molecule has 0 aromatic heterocycles. The lowest BCUT2D eigenvalue weighted by molar-refractivity contribution is 0.327. The van der Waals surface area contributed by atoms with E-state index in [9.17, 15) is 0 Å². The molecule has 0 amide bonds. The minimum atomic E-state index is 0.165. The van der Waals surface area contributed by atoms with Crippen molar-refractivity contribution in [2.24, 2.45) is 11.8 Å². The van der Waals surface area contributed by atoms with Crippen LogP contribution in [0.25, 0.3) is 43.8 Å². The standard InChI is InChI=1S/C45H35N/c1-2-10-36(11-3-1)46(37-24-20-31(21-25-37)33-22-26-39-34(28-33)19-18-32-9-4-5-12-38(32)39)43-16-8-15-42-44(43)40-13-6-7-14-41(40)45(42)29-30-17-23-35(45)27-30/h1-16,18-22,24-26,28,30,35H,17,23,27,29H2. The number of anilines is 3. The molecule has 0 radical (unpaired) electrons. The average Bonchev–Trinajstić information content (AvgIpc) is 3.82. The predicted octanol–water partition coefficient (Wildman–Crippen LogP) is 12.2. The number of nitrogens with zero attached hydrogens (tertiary/aromatic N) is 1. The first-order valence-corrected chi connectivity index (χ1v) is 16.9. The van der Waals surface area contributed by atoms with Crippen LogP contribution >= 0.6 is 0 Å². The van der Waals surface area contributed by atoms with E-state index < -0.39 is 0 Å². The second-order valence-corrected chi connectivity index (χ2v) is 13.7. The summed E-state index contributed by atoms with van der Waals surface area (Å²) in [7, 11) is 0. The molecule has 1 spiro atoms. The van der Waals surface area contributed by atoms with Crippen molar-refractivity contribution in [2.75, 3.05) is 4.90 Å². The van der Waals surface area contributed by atoms with Gasteiger partial charge in [0.15, 0.2) is 0 Å². The average molecular weight is 590 g/mol. The Morgan fingerprint density at radius 3 is 2.09 bits per heavy atom. The molecule has 3 aliphatic carbocycles. The number of hydrogen-bond acceptors (Lipinski definition) is 1. The highest BCUT2D eigenvalue weighted by molar-refractivity contribution is 6.08. The molecule has 2 fully saturated rings. The van der Waals surface area contributed by atoms with Crippen LogP contribution in [0.3, 0.4) is 0 Å². The van der Waals surface area contributed by atoms with Crippen LogP contribution in [0, 0.1) is 11.8 Å². The van der Waals surface area contributed by atoms with E-state index in [1.165, 1.54) is 86.5 Å². The second-order valence-electron chi connectivity index (χ2n) is 13.7. The van der Waals surface area contributed by atoms with Gasteiger partial charge in [-0.2, -0.15) is 0 Å². The summed E-state index contributed by atoms with van der Waals surface area (Å²) in [6.07, 6.45) is 5.44. The van der Waals surface area contributed by atoms with E-state index in [-0.39, 0.29) is 5.41 Å². The van der Waals surface area contributed by atoms with Crippen molar-refractivity contribution in [2.45, 2.75) is 31.1 Å². The summed E-state index contributed by atoms with van der Waals surface area (Å²) in [4.78, 5) is 2.48. The first-order valence-electron chi connectivity index (χ1n) is 16.9. The van der Waals surface area contributed by atoms with E-state index >= 15 is 0 Å². The molecule has 3 aliphatic rings. The maximum Gasteiger partial charge on any atom is 0.0543 e.